The molecule has 1 aromatic heterocycles. The Balaban J connectivity index is 1.91. The molecule has 0 fully saturated rings. The molecular formula is C15H11N3S. The number of para-hydroxylation sites is 1. The molecule has 0 unspecified atom stereocenters. The van der Waals surface area contributed by atoms with Crippen LogP contribution < -0.4 is 10.6 Å². The molecule has 0 spiro atoms. The van der Waals surface area contributed by atoms with Gasteiger partial charge >= 0.3 is 0 Å². The van der Waals surface area contributed by atoms with E-state index in [2.05, 4.69) is 29.3 Å². The lowest BCUT2D eigenvalue weighted by molar-refractivity contribution is 0.900. The van der Waals surface area contributed by atoms with Gasteiger partial charge in [-0.25, -0.2) is 0 Å². The van der Waals surface area contributed by atoms with Crippen LogP contribution in [0.5, 0.6) is 0 Å². The Labute approximate surface area is 116 Å². The van der Waals surface area contributed by atoms with Crippen molar-refractivity contribution in [3.8, 4) is 6.07 Å². The number of fused-ring (bicyclic) bond motifs is 1. The summed E-state index contributed by atoms with van der Waals surface area (Å²) in [4.78, 5) is 1.24. The van der Waals surface area contributed by atoms with E-state index in [0.29, 0.717) is 12.1 Å². The summed E-state index contributed by atoms with van der Waals surface area (Å²) in [5.41, 5.74) is 3.32. The standard InChI is InChI=1S/C15H11N3S/c16-8-11-9-17-14-6-2-1-5-13(14)15(11)18-10-12-4-3-7-19-12/h1-7,17-18H,10H2. The van der Waals surface area contributed by atoms with Crippen LogP contribution in [0, 0.1) is 17.9 Å². The second kappa shape index (κ2) is 5.17. The molecule has 2 N–H and O–H groups in total. The minimum atomic E-state index is 0.509. The summed E-state index contributed by atoms with van der Waals surface area (Å²) in [6.07, 6.45) is 0. The number of nitriles is 1. The second-order valence-corrected chi connectivity index (χ2v) is 5.12. The van der Waals surface area contributed by atoms with E-state index in [9.17, 15) is 5.26 Å². The van der Waals surface area contributed by atoms with Crippen LogP contribution in [-0.4, -0.2) is 0 Å². The SMILES string of the molecule is N#CC1=C(NCc2cccs2)c2ccccc2N[C]1. The number of hydrogen-bond acceptors (Lipinski definition) is 4. The molecule has 4 heteroatoms. The van der Waals surface area contributed by atoms with Gasteiger partial charge in [0.05, 0.1) is 17.3 Å². The van der Waals surface area contributed by atoms with Crippen LogP contribution in [-0.2, 0) is 6.54 Å². The minimum absolute atomic E-state index is 0.509. The predicted octanol–water partition coefficient (Wildman–Crippen LogP) is 3.24. The molecule has 1 aromatic carbocycles. The Morgan fingerprint density at radius 3 is 2.95 bits per heavy atom. The van der Waals surface area contributed by atoms with Crippen LogP contribution in [0.15, 0.2) is 47.4 Å². The highest BCUT2D eigenvalue weighted by molar-refractivity contribution is 7.09. The van der Waals surface area contributed by atoms with E-state index in [-0.39, 0.29) is 0 Å². The topological polar surface area (TPSA) is 47.9 Å². The fourth-order valence-electron chi connectivity index (χ4n) is 1.99. The Bertz CT molecular complexity index is 650. The first kappa shape index (κ1) is 11.8. The summed E-state index contributed by atoms with van der Waals surface area (Å²) in [6, 6.07) is 14.2. The molecule has 3 rings (SSSR count). The van der Waals surface area contributed by atoms with Crippen LogP contribution in [0.1, 0.15) is 10.4 Å². The highest BCUT2D eigenvalue weighted by atomic mass is 32.1. The van der Waals surface area contributed by atoms with Gasteiger partial charge in [0.2, 0.25) is 0 Å². The van der Waals surface area contributed by atoms with Crippen molar-refractivity contribution in [3.63, 3.8) is 0 Å². The number of rotatable bonds is 3. The average Bonchev–Trinajstić information content (AvgIpc) is 2.97. The molecule has 0 saturated carbocycles. The lowest BCUT2D eigenvalue weighted by atomic mass is 10.0. The molecule has 0 bridgehead atoms. The number of thiophene rings is 1. The first-order valence-corrected chi connectivity index (χ1v) is 6.78. The van der Waals surface area contributed by atoms with Crippen molar-refractivity contribution < 1.29 is 0 Å². The smallest absolute Gasteiger partial charge is 0.137 e. The maximum absolute atomic E-state index is 9.20. The van der Waals surface area contributed by atoms with Crippen LogP contribution in [0.2, 0.25) is 0 Å². The van der Waals surface area contributed by atoms with Crippen LogP contribution in [0.4, 0.5) is 5.69 Å². The van der Waals surface area contributed by atoms with Crippen molar-refractivity contribution in [2.45, 2.75) is 6.54 Å². The first-order valence-electron chi connectivity index (χ1n) is 5.90. The molecule has 19 heavy (non-hydrogen) atoms. The molecule has 0 atom stereocenters. The molecule has 0 amide bonds. The van der Waals surface area contributed by atoms with Crippen molar-refractivity contribution in [3.05, 3.63) is 64.3 Å². The monoisotopic (exact) mass is 265 g/mol. The summed E-state index contributed by atoms with van der Waals surface area (Å²) in [7, 11) is 0. The van der Waals surface area contributed by atoms with Gasteiger partial charge < -0.3 is 10.6 Å². The van der Waals surface area contributed by atoms with E-state index < -0.39 is 0 Å². The largest absolute Gasteiger partial charge is 0.379 e. The summed E-state index contributed by atoms with van der Waals surface area (Å²) in [5, 5.41) is 17.6. The third-order valence-electron chi connectivity index (χ3n) is 2.90. The molecule has 2 radical (unpaired) electrons. The molecule has 2 aromatic rings. The van der Waals surface area contributed by atoms with Gasteiger partial charge in [-0.3, -0.25) is 0 Å². The van der Waals surface area contributed by atoms with E-state index in [4.69, 9.17) is 0 Å². The van der Waals surface area contributed by atoms with Gasteiger partial charge in [-0.15, -0.1) is 11.3 Å². The number of nitrogens with one attached hydrogen (secondary N) is 2. The number of hydrogen-bond donors (Lipinski definition) is 2. The summed E-state index contributed by atoms with van der Waals surface area (Å²) in [6.45, 7) is 3.63. The van der Waals surface area contributed by atoms with Gasteiger partial charge in [0.15, 0.2) is 0 Å². The average molecular weight is 265 g/mol. The van der Waals surface area contributed by atoms with Gasteiger partial charge in [-0.05, 0) is 17.5 Å². The first-order chi connectivity index (χ1) is 9.38. The molecule has 1 aliphatic heterocycles. The highest BCUT2D eigenvalue weighted by Crippen LogP contribution is 2.30. The lowest BCUT2D eigenvalue weighted by Crippen LogP contribution is -2.19. The Morgan fingerprint density at radius 1 is 1.26 bits per heavy atom. The zero-order valence-corrected chi connectivity index (χ0v) is 10.9. The van der Waals surface area contributed by atoms with Gasteiger partial charge in [0.1, 0.15) is 6.54 Å². The second-order valence-electron chi connectivity index (χ2n) is 4.09. The molecule has 1 aliphatic rings. The summed E-state index contributed by atoms with van der Waals surface area (Å²) < 4.78 is 0. The fourth-order valence-corrected chi connectivity index (χ4v) is 2.64. The van der Waals surface area contributed by atoms with Crippen molar-refractivity contribution in [2.24, 2.45) is 0 Å². The van der Waals surface area contributed by atoms with Gasteiger partial charge in [-0.2, -0.15) is 5.26 Å². The Hall–Kier alpha value is -2.25. The zero-order chi connectivity index (χ0) is 13.1. The number of benzene rings is 1. The van der Waals surface area contributed by atoms with Crippen LogP contribution in [0.25, 0.3) is 5.70 Å². The molecule has 92 valence electrons. The maximum Gasteiger partial charge on any atom is 0.137 e. The van der Waals surface area contributed by atoms with Crippen molar-refractivity contribution in [1.82, 2.24) is 5.32 Å². The predicted molar refractivity (Wildman–Crippen MR) is 77.0 cm³/mol. The molecular weight excluding hydrogens is 254 g/mol. The van der Waals surface area contributed by atoms with E-state index >= 15 is 0 Å². The quantitative estimate of drug-likeness (QED) is 0.895. The normalized spacial score (nSPS) is 13.4. The third-order valence-corrected chi connectivity index (χ3v) is 3.78. The van der Waals surface area contributed by atoms with Gasteiger partial charge in [-0.1, -0.05) is 24.3 Å². The Morgan fingerprint density at radius 2 is 2.16 bits per heavy atom. The Kier molecular flexibility index (Phi) is 3.21. The van der Waals surface area contributed by atoms with Crippen molar-refractivity contribution in [2.75, 3.05) is 5.32 Å². The van der Waals surface area contributed by atoms with Crippen LogP contribution >= 0.6 is 11.3 Å². The van der Waals surface area contributed by atoms with Crippen molar-refractivity contribution in [1.29, 1.82) is 5.26 Å². The summed E-state index contributed by atoms with van der Waals surface area (Å²) >= 11 is 1.70. The summed E-state index contributed by atoms with van der Waals surface area (Å²) in [5.74, 6) is 0. The molecule has 0 saturated heterocycles. The van der Waals surface area contributed by atoms with E-state index in [1.54, 1.807) is 11.3 Å². The molecule has 0 aliphatic carbocycles. The fraction of sp³-hybridized carbons (Fsp3) is 0.0667. The van der Waals surface area contributed by atoms with Gasteiger partial charge in [0.25, 0.3) is 0 Å². The highest BCUT2D eigenvalue weighted by Gasteiger charge is 2.18. The lowest BCUT2D eigenvalue weighted by Gasteiger charge is -2.21. The van der Waals surface area contributed by atoms with E-state index in [0.717, 1.165) is 16.9 Å². The van der Waals surface area contributed by atoms with Crippen molar-refractivity contribution >= 4 is 22.7 Å². The number of nitrogens with zero attached hydrogens (tertiary/aromatic N) is 1. The third kappa shape index (κ3) is 2.33. The minimum Gasteiger partial charge on any atom is -0.379 e. The van der Waals surface area contributed by atoms with E-state index in [1.165, 1.54) is 4.88 Å². The van der Waals surface area contributed by atoms with Gasteiger partial charge in [0, 0.05) is 22.7 Å². The van der Waals surface area contributed by atoms with E-state index in [1.807, 2.05) is 35.7 Å². The van der Waals surface area contributed by atoms with Crippen LogP contribution in [0.3, 0.4) is 0 Å². The zero-order valence-electron chi connectivity index (χ0n) is 10.1. The maximum atomic E-state index is 9.20. The number of anilines is 1. The molecule has 3 nitrogen and oxygen atoms in total. The molecule has 2 heterocycles.